The normalized spacial score (nSPS) is 13.9. The SMILES string of the molecule is COc1ccc2[nH]cc([C@@H](N)C(F)(F)C(F)(F)F)c2c1.Cl. The fourth-order valence-electron chi connectivity index (χ4n) is 1.88. The van der Waals surface area contributed by atoms with E-state index in [-0.39, 0.29) is 23.4 Å². The molecule has 0 saturated heterocycles. The molecule has 0 aliphatic heterocycles. The number of aromatic nitrogens is 1. The molecule has 1 heterocycles. The molecule has 21 heavy (non-hydrogen) atoms. The summed E-state index contributed by atoms with van der Waals surface area (Å²) in [6.07, 6.45) is -4.66. The van der Waals surface area contributed by atoms with Gasteiger partial charge in [0.1, 0.15) is 11.8 Å². The van der Waals surface area contributed by atoms with Crippen LogP contribution in [-0.2, 0) is 0 Å². The molecule has 0 bridgehead atoms. The van der Waals surface area contributed by atoms with Crippen molar-refractivity contribution >= 4 is 23.3 Å². The van der Waals surface area contributed by atoms with Crippen molar-refractivity contribution < 1.29 is 26.7 Å². The number of halogens is 6. The zero-order chi connectivity index (χ0) is 15.1. The lowest BCUT2D eigenvalue weighted by molar-refractivity contribution is -0.290. The lowest BCUT2D eigenvalue weighted by Crippen LogP contribution is -2.45. The highest BCUT2D eigenvalue weighted by molar-refractivity contribution is 5.85. The molecular formula is C12H12ClF5N2O. The number of H-pyrrole nitrogens is 1. The lowest BCUT2D eigenvalue weighted by Gasteiger charge is -2.25. The van der Waals surface area contributed by atoms with Gasteiger partial charge < -0.3 is 15.5 Å². The molecule has 0 unspecified atom stereocenters. The average Bonchev–Trinajstić information content (AvgIpc) is 2.78. The Kier molecular flexibility index (Phi) is 4.74. The summed E-state index contributed by atoms with van der Waals surface area (Å²) in [5.74, 6) is -4.69. The second-order valence-corrected chi connectivity index (χ2v) is 4.25. The minimum absolute atomic E-state index is 0. The summed E-state index contributed by atoms with van der Waals surface area (Å²) in [7, 11) is 1.36. The highest BCUT2D eigenvalue weighted by Gasteiger charge is 2.62. The van der Waals surface area contributed by atoms with Crippen molar-refractivity contribution in [3.05, 3.63) is 30.0 Å². The number of ether oxygens (including phenoxy) is 1. The van der Waals surface area contributed by atoms with Crippen LogP contribution in [0.5, 0.6) is 5.75 Å². The summed E-state index contributed by atoms with van der Waals surface area (Å²) in [6, 6.07) is 1.92. The van der Waals surface area contributed by atoms with E-state index >= 15 is 0 Å². The van der Waals surface area contributed by atoms with Gasteiger partial charge in [0.05, 0.1) is 7.11 Å². The Morgan fingerprint density at radius 1 is 1.19 bits per heavy atom. The minimum atomic E-state index is -5.71. The molecule has 1 aromatic heterocycles. The maximum atomic E-state index is 13.3. The zero-order valence-corrected chi connectivity index (χ0v) is 11.5. The van der Waals surface area contributed by atoms with Crippen LogP contribution in [0.15, 0.2) is 24.4 Å². The Labute approximate surface area is 122 Å². The van der Waals surface area contributed by atoms with Gasteiger partial charge in [-0.2, -0.15) is 22.0 Å². The number of alkyl halides is 5. The summed E-state index contributed by atoms with van der Waals surface area (Å²) < 4.78 is 68.6. The molecule has 3 nitrogen and oxygen atoms in total. The molecular weight excluding hydrogens is 319 g/mol. The number of fused-ring (bicyclic) bond motifs is 1. The molecule has 3 N–H and O–H groups in total. The molecule has 9 heteroatoms. The number of methoxy groups -OCH3 is 1. The molecule has 0 spiro atoms. The van der Waals surface area contributed by atoms with Crippen LogP contribution in [0.3, 0.4) is 0 Å². The number of hydrogen-bond donors (Lipinski definition) is 2. The van der Waals surface area contributed by atoms with Crippen LogP contribution >= 0.6 is 12.4 Å². The lowest BCUT2D eigenvalue weighted by atomic mass is 10.0. The van der Waals surface area contributed by atoms with Crippen molar-refractivity contribution in [1.82, 2.24) is 4.98 Å². The molecule has 2 rings (SSSR count). The largest absolute Gasteiger partial charge is 0.497 e. The fraction of sp³-hybridized carbons (Fsp3) is 0.333. The van der Waals surface area contributed by atoms with Gasteiger partial charge in [-0.05, 0) is 18.2 Å². The standard InChI is InChI=1S/C12H11F5N2O.ClH/c1-20-6-2-3-9-7(4-6)8(5-19-9)10(18)11(13,14)12(15,16)17;/h2-5,10,19H,18H2,1H3;1H/t10-;/m1./s1. The first-order chi connectivity index (χ1) is 9.18. The van der Waals surface area contributed by atoms with Crippen LogP contribution in [0.1, 0.15) is 11.6 Å². The maximum absolute atomic E-state index is 13.3. The van der Waals surface area contributed by atoms with Crippen molar-refractivity contribution in [2.75, 3.05) is 7.11 Å². The number of hydrogen-bond acceptors (Lipinski definition) is 2. The van der Waals surface area contributed by atoms with E-state index in [2.05, 4.69) is 4.98 Å². The molecule has 118 valence electrons. The molecule has 2 aromatic rings. The highest BCUT2D eigenvalue weighted by Crippen LogP contribution is 2.44. The molecule has 0 aliphatic carbocycles. The average molecular weight is 331 g/mol. The Morgan fingerprint density at radius 3 is 2.33 bits per heavy atom. The number of benzene rings is 1. The van der Waals surface area contributed by atoms with Gasteiger partial charge in [-0.25, -0.2) is 0 Å². The molecule has 0 aliphatic rings. The van der Waals surface area contributed by atoms with Crippen LogP contribution in [-0.4, -0.2) is 24.2 Å². The quantitative estimate of drug-likeness (QED) is 0.841. The van der Waals surface area contributed by atoms with Gasteiger partial charge in [-0.3, -0.25) is 0 Å². The molecule has 1 aromatic carbocycles. The molecule has 1 atom stereocenters. The second kappa shape index (κ2) is 5.69. The Bertz CT molecular complexity index is 626. The summed E-state index contributed by atoms with van der Waals surface area (Å²) >= 11 is 0. The smallest absolute Gasteiger partial charge is 0.455 e. The highest BCUT2D eigenvalue weighted by atomic mass is 35.5. The monoisotopic (exact) mass is 330 g/mol. The number of rotatable bonds is 3. The molecule has 0 amide bonds. The van der Waals surface area contributed by atoms with Crippen LogP contribution in [0.25, 0.3) is 10.9 Å². The third-order valence-electron chi connectivity index (χ3n) is 3.02. The Morgan fingerprint density at radius 2 is 1.81 bits per heavy atom. The number of nitrogens with one attached hydrogen (secondary N) is 1. The Balaban J connectivity index is 0.00000220. The van der Waals surface area contributed by atoms with Gasteiger partial charge in [-0.15, -0.1) is 12.4 Å². The van der Waals surface area contributed by atoms with Gasteiger partial charge in [0.15, 0.2) is 0 Å². The summed E-state index contributed by atoms with van der Waals surface area (Å²) in [6.45, 7) is 0. The van der Waals surface area contributed by atoms with E-state index in [1.807, 2.05) is 0 Å². The minimum Gasteiger partial charge on any atom is -0.497 e. The van der Waals surface area contributed by atoms with Crippen molar-refractivity contribution in [2.45, 2.75) is 18.1 Å². The number of nitrogens with two attached hydrogens (primary N) is 1. The fourth-order valence-corrected chi connectivity index (χ4v) is 1.88. The van der Waals surface area contributed by atoms with Crippen molar-refractivity contribution in [3.8, 4) is 5.75 Å². The van der Waals surface area contributed by atoms with E-state index in [1.54, 1.807) is 6.07 Å². The van der Waals surface area contributed by atoms with E-state index in [0.29, 0.717) is 11.3 Å². The van der Waals surface area contributed by atoms with E-state index < -0.39 is 18.1 Å². The van der Waals surface area contributed by atoms with Crippen LogP contribution in [0.4, 0.5) is 22.0 Å². The van der Waals surface area contributed by atoms with Crippen LogP contribution in [0, 0.1) is 0 Å². The zero-order valence-electron chi connectivity index (χ0n) is 10.7. The van der Waals surface area contributed by atoms with Crippen LogP contribution in [0.2, 0.25) is 0 Å². The topological polar surface area (TPSA) is 51.0 Å². The van der Waals surface area contributed by atoms with Gasteiger partial charge >= 0.3 is 12.1 Å². The summed E-state index contributed by atoms with van der Waals surface area (Å²) in [4.78, 5) is 2.61. The van der Waals surface area contributed by atoms with E-state index in [1.165, 1.54) is 19.2 Å². The van der Waals surface area contributed by atoms with Crippen molar-refractivity contribution in [2.24, 2.45) is 5.73 Å². The Hall–Kier alpha value is -1.54. The predicted octanol–water partition coefficient (Wildman–Crippen LogP) is 3.80. The van der Waals surface area contributed by atoms with Gasteiger partial charge in [-0.1, -0.05) is 0 Å². The van der Waals surface area contributed by atoms with E-state index in [9.17, 15) is 22.0 Å². The van der Waals surface area contributed by atoms with Crippen molar-refractivity contribution in [1.29, 1.82) is 0 Å². The van der Waals surface area contributed by atoms with Crippen LogP contribution < -0.4 is 10.5 Å². The third-order valence-corrected chi connectivity index (χ3v) is 3.02. The molecule has 0 fully saturated rings. The van der Waals surface area contributed by atoms with Gasteiger partial charge in [0.25, 0.3) is 0 Å². The van der Waals surface area contributed by atoms with Gasteiger partial charge in [0.2, 0.25) is 0 Å². The molecule has 0 radical (unpaired) electrons. The van der Waals surface area contributed by atoms with E-state index in [4.69, 9.17) is 10.5 Å². The molecule has 0 saturated carbocycles. The third kappa shape index (κ3) is 2.91. The predicted molar refractivity (Wildman–Crippen MR) is 70.0 cm³/mol. The summed E-state index contributed by atoms with van der Waals surface area (Å²) in [5, 5.41) is 0.167. The van der Waals surface area contributed by atoms with Gasteiger partial charge in [0, 0.05) is 22.7 Å². The van der Waals surface area contributed by atoms with Crippen molar-refractivity contribution in [3.63, 3.8) is 0 Å². The first kappa shape index (κ1) is 17.5. The first-order valence-corrected chi connectivity index (χ1v) is 5.53. The maximum Gasteiger partial charge on any atom is 0.455 e. The first-order valence-electron chi connectivity index (χ1n) is 5.53. The summed E-state index contributed by atoms with van der Waals surface area (Å²) in [5.41, 5.74) is 5.21. The second-order valence-electron chi connectivity index (χ2n) is 4.25. The van der Waals surface area contributed by atoms with E-state index in [0.717, 1.165) is 6.20 Å². The number of aromatic amines is 1.